The molecule has 0 bridgehead atoms. The van der Waals surface area contributed by atoms with Gasteiger partial charge in [-0.3, -0.25) is 9.57 Å². The molecule has 0 saturated carbocycles. The van der Waals surface area contributed by atoms with Gasteiger partial charge in [0.2, 0.25) is 0 Å². The van der Waals surface area contributed by atoms with E-state index in [4.69, 9.17) is 9.76 Å². The highest BCUT2D eigenvalue weighted by atomic mass is 32.2. The van der Waals surface area contributed by atoms with E-state index < -0.39 is 9.73 Å². The standard InChI is InChI=1S/C20H22N4O2S/c1-23-12-16(20(25)24(2)15-10-11-27(21,26)13-15)19-18(23)9-8-17(22-19)14-6-4-3-5-7-14/h3-9,12,15,21H,10-11,13H2,1-2H3. The monoisotopic (exact) mass is 382 g/mol. The van der Waals surface area contributed by atoms with E-state index in [0.717, 1.165) is 16.8 Å². The number of rotatable bonds is 3. The number of amides is 1. The van der Waals surface area contributed by atoms with Crippen molar-refractivity contribution in [1.82, 2.24) is 14.5 Å². The third kappa shape index (κ3) is 3.23. The molecule has 0 aliphatic carbocycles. The Bertz CT molecular complexity index is 1120. The Morgan fingerprint density at radius 2 is 2.00 bits per heavy atom. The van der Waals surface area contributed by atoms with Crippen LogP contribution in [0, 0.1) is 4.78 Å². The molecule has 0 spiro atoms. The highest BCUT2D eigenvalue weighted by Gasteiger charge is 2.32. The first-order valence-corrected chi connectivity index (χ1v) is 10.8. The lowest BCUT2D eigenvalue weighted by atomic mass is 10.1. The van der Waals surface area contributed by atoms with Gasteiger partial charge in [-0.25, -0.2) is 9.19 Å². The normalized spacial score (nSPS) is 22.2. The predicted octanol–water partition coefficient (Wildman–Crippen LogP) is 3.13. The second-order valence-corrected chi connectivity index (χ2v) is 9.49. The largest absolute Gasteiger partial charge is 0.348 e. The quantitative estimate of drug-likeness (QED) is 0.756. The number of carbonyl (C=O) groups is 1. The molecule has 3 heterocycles. The zero-order valence-corrected chi connectivity index (χ0v) is 16.2. The number of aryl methyl sites for hydroxylation is 1. The van der Waals surface area contributed by atoms with E-state index in [9.17, 15) is 9.00 Å². The molecule has 140 valence electrons. The Hall–Kier alpha value is -2.67. The molecule has 6 nitrogen and oxygen atoms in total. The van der Waals surface area contributed by atoms with Gasteiger partial charge in [-0.05, 0) is 18.6 Å². The number of fused-ring (bicyclic) bond motifs is 1. The number of carbonyl (C=O) groups excluding carboxylic acids is 1. The van der Waals surface area contributed by atoms with Gasteiger partial charge in [0.1, 0.15) is 5.52 Å². The summed E-state index contributed by atoms with van der Waals surface area (Å²) < 4.78 is 21.7. The molecule has 1 aromatic carbocycles. The van der Waals surface area contributed by atoms with Crippen molar-refractivity contribution < 1.29 is 9.00 Å². The summed E-state index contributed by atoms with van der Waals surface area (Å²) >= 11 is 0. The molecule has 2 atom stereocenters. The van der Waals surface area contributed by atoms with Crippen molar-refractivity contribution in [3.8, 4) is 11.3 Å². The van der Waals surface area contributed by atoms with Crippen LogP contribution in [-0.4, -0.2) is 49.2 Å². The number of benzene rings is 1. The zero-order chi connectivity index (χ0) is 19.2. The van der Waals surface area contributed by atoms with Crippen LogP contribution in [0.3, 0.4) is 0 Å². The third-order valence-electron chi connectivity index (χ3n) is 5.24. The molecule has 7 heteroatoms. The van der Waals surface area contributed by atoms with Crippen LogP contribution in [0.25, 0.3) is 22.3 Å². The summed E-state index contributed by atoms with van der Waals surface area (Å²) in [6.07, 6.45) is 2.41. The van der Waals surface area contributed by atoms with Crippen LogP contribution in [0.1, 0.15) is 16.8 Å². The fourth-order valence-corrected chi connectivity index (χ4v) is 5.48. The number of nitrogens with one attached hydrogen (secondary N) is 1. The Morgan fingerprint density at radius 1 is 1.26 bits per heavy atom. The van der Waals surface area contributed by atoms with E-state index in [-0.39, 0.29) is 17.7 Å². The van der Waals surface area contributed by atoms with E-state index in [2.05, 4.69) is 0 Å². The number of pyridine rings is 1. The lowest BCUT2D eigenvalue weighted by Gasteiger charge is -2.23. The Morgan fingerprint density at radius 3 is 2.67 bits per heavy atom. The average Bonchev–Trinajstić information content (AvgIpc) is 3.20. The predicted molar refractivity (Wildman–Crippen MR) is 107 cm³/mol. The lowest BCUT2D eigenvalue weighted by molar-refractivity contribution is 0.0749. The van der Waals surface area contributed by atoms with Gasteiger partial charge in [0, 0.05) is 47.4 Å². The van der Waals surface area contributed by atoms with Crippen LogP contribution in [0.15, 0.2) is 48.7 Å². The first kappa shape index (κ1) is 17.7. The maximum absolute atomic E-state index is 13.1. The molecule has 1 N–H and O–H groups in total. The highest BCUT2D eigenvalue weighted by Crippen LogP contribution is 2.26. The first-order chi connectivity index (χ1) is 12.9. The summed E-state index contributed by atoms with van der Waals surface area (Å²) in [7, 11) is 1.08. The van der Waals surface area contributed by atoms with Crippen LogP contribution in [0.5, 0.6) is 0 Å². The van der Waals surface area contributed by atoms with E-state index in [0.29, 0.717) is 23.3 Å². The van der Waals surface area contributed by atoms with Gasteiger partial charge in [0.25, 0.3) is 5.91 Å². The van der Waals surface area contributed by atoms with Gasteiger partial charge >= 0.3 is 0 Å². The number of aromatic nitrogens is 2. The molecular weight excluding hydrogens is 360 g/mol. The Balaban J connectivity index is 1.74. The van der Waals surface area contributed by atoms with Crippen LogP contribution in [-0.2, 0) is 16.8 Å². The van der Waals surface area contributed by atoms with Crippen molar-refractivity contribution >= 4 is 26.7 Å². The summed E-state index contributed by atoms with van der Waals surface area (Å²) in [6.45, 7) is 0. The van der Waals surface area contributed by atoms with Crippen molar-refractivity contribution in [1.29, 1.82) is 4.78 Å². The minimum Gasteiger partial charge on any atom is -0.348 e. The smallest absolute Gasteiger partial charge is 0.257 e. The van der Waals surface area contributed by atoms with Gasteiger partial charge in [-0.2, -0.15) is 0 Å². The molecule has 2 unspecified atom stereocenters. The van der Waals surface area contributed by atoms with Crippen molar-refractivity contribution in [2.75, 3.05) is 18.6 Å². The van der Waals surface area contributed by atoms with Gasteiger partial charge < -0.3 is 9.47 Å². The summed E-state index contributed by atoms with van der Waals surface area (Å²) in [4.78, 5) is 19.5. The number of hydrogen-bond acceptors (Lipinski definition) is 4. The van der Waals surface area contributed by atoms with Crippen molar-refractivity contribution in [3.05, 3.63) is 54.2 Å². The summed E-state index contributed by atoms with van der Waals surface area (Å²) in [5, 5.41) is 0. The molecule has 4 rings (SSSR count). The fourth-order valence-electron chi connectivity index (χ4n) is 3.65. The molecule has 2 aromatic heterocycles. The second-order valence-electron chi connectivity index (χ2n) is 7.13. The minimum atomic E-state index is -2.55. The van der Waals surface area contributed by atoms with Crippen LogP contribution in [0.2, 0.25) is 0 Å². The molecule has 1 fully saturated rings. The topological polar surface area (TPSA) is 79.1 Å². The van der Waals surface area contributed by atoms with Crippen molar-refractivity contribution in [2.45, 2.75) is 12.5 Å². The van der Waals surface area contributed by atoms with Gasteiger partial charge in [-0.1, -0.05) is 30.3 Å². The maximum atomic E-state index is 13.1. The summed E-state index contributed by atoms with van der Waals surface area (Å²) in [6, 6.07) is 13.7. The van der Waals surface area contributed by atoms with Gasteiger partial charge in [-0.15, -0.1) is 0 Å². The fraction of sp³-hybridized carbons (Fsp3) is 0.300. The average molecular weight is 382 g/mol. The first-order valence-electron chi connectivity index (χ1n) is 8.88. The Labute approximate surface area is 158 Å². The summed E-state index contributed by atoms with van der Waals surface area (Å²) in [5.41, 5.74) is 3.92. The molecular formula is C20H22N4O2S. The molecule has 3 aromatic rings. The lowest BCUT2D eigenvalue weighted by Crippen LogP contribution is -2.37. The van der Waals surface area contributed by atoms with Crippen LogP contribution >= 0.6 is 0 Å². The zero-order valence-electron chi connectivity index (χ0n) is 15.4. The molecule has 0 radical (unpaired) electrons. The number of hydrogen-bond donors (Lipinski definition) is 1. The molecule has 27 heavy (non-hydrogen) atoms. The van der Waals surface area contributed by atoms with Gasteiger partial charge in [0.15, 0.2) is 0 Å². The van der Waals surface area contributed by atoms with Crippen molar-refractivity contribution in [3.63, 3.8) is 0 Å². The Kier molecular flexibility index (Phi) is 4.26. The summed E-state index contributed by atoms with van der Waals surface area (Å²) in [5.74, 6) is 0.477. The second kappa shape index (κ2) is 6.49. The van der Waals surface area contributed by atoms with Crippen molar-refractivity contribution in [2.24, 2.45) is 7.05 Å². The van der Waals surface area contributed by atoms with E-state index >= 15 is 0 Å². The number of nitrogens with zero attached hydrogens (tertiary/aromatic N) is 3. The molecule has 1 amide bonds. The van der Waals surface area contributed by atoms with E-state index in [1.807, 2.05) is 54.1 Å². The SMILES string of the molecule is CN(C(=O)c1cn(C)c2ccc(-c3ccccc3)nc12)C1CCS(=N)(=O)C1. The molecule has 1 aliphatic heterocycles. The molecule has 1 aliphatic rings. The third-order valence-corrected chi connectivity index (χ3v) is 7.06. The highest BCUT2D eigenvalue weighted by molar-refractivity contribution is 7.92. The van der Waals surface area contributed by atoms with E-state index in [1.165, 1.54) is 0 Å². The molecule has 1 saturated heterocycles. The van der Waals surface area contributed by atoms with Gasteiger partial charge in [0.05, 0.1) is 22.5 Å². The van der Waals surface area contributed by atoms with Crippen LogP contribution in [0.4, 0.5) is 0 Å². The van der Waals surface area contributed by atoms with E-state index in [1.54, 1.807) is 18.1 Å². The van der Waals surface area contributed by atoms with Crippen LogP contribution < -0.4 is 0 Å². The minimum absolute atomic E-state index is 0.139. The maximum Gasteiger partial charge on any atom is 0.257 e.